The van der Waals surface area contributed by atoms with Crippen LogP contribution in [0, 0.1) is 11.6 Å². The van der Waals surface area contributed by atoms with Crippen molar-refractivity contribution in [3.63, 3.8) is 0 Å². The van der Waals surface area contributed by atoms with Gasteiger partial charge in [0.15, 0.2) is 11.6 Å². The lowest BCUT2D eigenvalue weighted by Crippen LogP contribution is -2.41. The zero-order valence-corrected chi connectivity index (χ0v) is 14.3. The molecule has 0 radical (unpaired) electrons. The highest BCUT2D eigenvalue weighted by atomic mass is 19.2. The molecule has 7 heteroatoms. The minimum atomic E-state index is -1.04. The number of carbonyl (C=O) groups is 2. The molecule has 4 rings (SSSR count). The van der Waals surface area contributed by atoms with E-state index in [0.717, 1.165) is 28.6 Å². The molecule has 2 aromatic carbocycles. The average Bonchev–Trinajstić information content (AvgIpc) is 3.23. The molecule has 1 saturated heterocycles. The Morgan fingerprint density at radius 3 is 2.81 bits per heavy atom. The average molecular weight is 369 g/mol. The monoisotopic (exact) mass is 369 g/mol. The molecule has 2 amide bonds. The number of likely N-dealkylation sites (tertiary alicyclic amines) is 1. The number of fused-ring (bicyclic) bond motifs is 1. The van der Waals surface area contributed by atoms with Gasteiger partial charge in [-0.15, -0.1) is 0 Å². The van der Waals surface area contributed by atoms with Gasteiger partial charge in [-0.2, -0.15) is 0 Å². The van der Waals surface area contributed by atoms with E-state index in [2.05, 4.69) is 10.3 Å². The summed E-state index contributed by atoms with van der Waals surface area (Å²) < 4.78 is 26.4. The molecule has 0 bridgehead atoms. The number of rotatable bonds is 4. The van der Waals surface area contributed by atoms with Crippen LogP contribution in [-0.2, 0) is 16.1 Å². The van der Waals surface area contributed by atoms with E-state index in [9.17, 15) is 18.4 Å². The van der Waals surface area contributed by atoms with Crippen LogP contribution in [0.25, 0.3) is 10.9 Å². The first kappa shape index (κ1) is 17.2. The fourth-order valence-electron chi connectivity index (χ4n) is 3.45. The van der Waals surface area contributed by atoms with Crippen LogP contribution in [0.5, 0.6) is 0 Å². The molecule has 1 fully saturated rings. The van der Waals surface area contributed by atoms with Gasteiger partial charge in [0.05, 0.1) is 0 Å². The molecule has 1 unspecified atom stereocenters. The van der Waals surface area contributed by atoms with Crippen LogP contribution in [0.15, 0.2) is 48.7 Å². The third-order valence-electron chi connectivity index (χ3n) is 4.83. The topological polar surface area (TPSA) is 65.2 Å². The number of carbonyl (C=O) groups excluding carboxylic acids is 2. The van der Waals surface area contributed by atoms with Crippen molar-refractivity contribution in [3.8, 4) is 0 Å². The fourth-order valence-corrected chi connectivity index (χ4v) is 3.45. The Kier molecular flexibility index (Phi) is 4.35. The first-order valence-electron chi connectivity index (χ1n) is 8.63. The van der Waals surface area contributed by atoms with Crippen molar-refractivity contribution in [1.29, 1.82) is 0 Å². The van der Waals surface area contributed by atoms with Crippen LogP contribution in [0.1, 0.15) is 18.4 Å². The summed E-state index contributed by atoms with van der Waals surface area (Å²) in [6, 6.07) is 10.2. The first-order valence-corrected chi connectivity index (χ1v) is 8.63. The first-order chi connectivity index (χ1) is 13.0. The number of aromatic nitrogens is 1. The second-order valence-corrected chi connectivity index (χ2v) is 6.55. The number of aromatic amines is 1. The molecular formula is C20H17F2N3O2. The Hall–Kier alpha value is -3.22. The number of H-pyrrole nitrogens is 1. The van der Waals surface area contributed by atoms with Crippen molar-refractivity contribution in [2.24, 2.45) is 0 Å². The molecule has 0 spiro atoms. The Morgan fingerprint density at radius 1 is 1.19 bits per heavy atom. The number of para-hydroxylation sites is 1. The van der Waals surface area contributed by atoms with Gasteiger partial charge in [-0.3, -0.25) is 9.59 Å². The number of hydrogen-bond acceptors (Lipinski definition) is 2. The van der Waals surface area contributed by atoms with Crippen molar-refractivity contribution < 1.29 is 18.4 Å². The summed E-state index contributed by atoms with van der Waals surface area (Å²) in [6.45, 7) is 0.304. The van der Waals surface area contributed by atoms with Gasteiger partial charge < -0.3 is 15.2 Å². The lowest BCUT2D eigenvalue weighted by Gasteiger charge is -2.24. The Labute approximate surface area is 154 Å². The summed E-state index contributed by atoms with van der Waals surface area (Å²) in [5.74, 6) is -2.53. The van der Waals surface area contributed by atoms with E-state index >= 15 is 0 Å². The number of nitrogens with one attached hydrogen (secondary N) is 2. The minimum absolute atomic E-state index is 0.106. The standard InChI is InChI=1S/C20H17F2N3O2/c21-15-6-5-13(9-16(15)22)24-20(27)18-7-8-19(26)25(18)11-12-10-23-17-4-2-1-3-14(12)17/h1-6,9-10,18,23H,7-8,11H2,(H,24,27). The quantitative estimate of drug-likeness (QED) is 0.738. The summed E-state index contributed by atoms with van der Waals surface area (Å²) in [6.07, 6.45) is 2.50. The Balaban J connectivity index is 1.53. The van der Waals surface area contributed by atoms with Gasteiger partial charge in [-0.25, -0.2) is 8.78 Å². The van der Waals surface area contributed by atoms with Crippen LogP contribution in [0.4, 0.5) is 14.5 Å². The SMILES string of the molecule is O=C(Nc1ccc(F)c(F)c1)C1CCC(=O)N1Cc1c[nH]c2ccccc12. The van der Waals surface area contributed by atoms with Crippen LogP contribution in [0.3, 0.4) is 0 Å². The zero-order chi connectivity index (χ0) is 19.0. The molecule has 3 aromatic rings. The van der Waals surface area contributed by atoms with Gasteiger partial charge in [-0.1, -0.05) is 18.2 Å². The maximum absolute atomic E-state index is 13.4. The number of anilines is 1. The molecule has 138 valence electrons. The highest BCUT2D eigenvalue weighted by Gasteiger charge is 2.36. The van der Waals surface area contributed by atoms with Gasteiger partial charge in [0.1, 0.15) is 6.04 Å². The molecular weight excluding hydrogens is 352 g/mol. The van der Waals surface area contributed by atoms with E-state index in [0.29, 0.717) is 13.0 Å². The van der Waals surface area contributed by atoms with E-state index in [4.69, 9.17) is 0 Å². The summed E-state index contributed by atoms with van der Waals surface area (Å²) in [5.41, 5.74) is 2.04. The van der Waals surface area contributed by atoms with Crippen LogP contribution in [-0.4, -0.2) is 27.7 Å². The van der Waals surface area contributed by atoms with Crippen molar-refractivity contribution in [2.75, 3.05) is 5.32 Å². The maximum atomic E-state index is 13.4. The molecule has 2 N–H and O–H groups in total. The second kappa shape index (κ2) is 6.83. The van der Waals surface area contributed by atoms with Gasteiger partial charge in [0.25, 0.3) is 0 Å². The number of hydrogen-bond donors (Lipinski definition) is 2. The molecule has 1 aromatic heterocycles. The normalized spacial score (nSPS) is 16.9. The minimum Gasteiger partial charge on any atom is -0.361 e. The predicted octanol–water partition coefficient (Wildman–Crippen LogP) is 3.58. The summed E-state index contributed by atoms with van der Waals surface area (Å²) in [4.78, 5) is 29.6. The summed E-state index contributed by atoms with van der Waals surface area (Å²) >= 11 is 0. The molecule has 1 aliphatic heterocycles. The van der Waals surface area contributed by atoms with Crippen molar-refractivity contribution in [2.45, 2.75) is 25.4 Å². The summed E-state index contributed by atoms with van der Waals surface area (Å²) in [7, 11) is 0. The lowest BCUT2D eigenvalue weighted by atomic mass is 10.1. The van der Waals surface area contributed by atoms with E-state index in [-0.39, 0.29) is 18.0 Å². The van der Waals surface area contributed by atoms with E-state index in [1.165, 1.54) is 11.0 Å². The molecule has 0 saturated carbocycles. The van der Waals surface area contributed by atoms with Gasteiger partial charge >= 0.3 is 0 Å². The Morgan fingerprint density at radius 2 is 2.00 bits per heavy atom. The number of amides is 2. The predicted molar refractivity (Wildman–Crippen MR) is 96.9 cm³/mol. The second-order valence-electron chi connectivity index (χ2n) is 6.55. The Bertz CT molecular complexity index is 1030. The molecule has 27 heavy (non-hydrogen) atoms. The third-order valence-corrected chi connectivity index (χ3v) is 4.83. The van der Waals surface area contributed by atoms with Gasteiger partial charge in [-0.05, 0) is 30.2 Å². The number of halogens is 2. The molecule has 1 aliphatic rings. The molecule has 0 aliphatic carbocycles. The largest absolute Gasteiger partial charge is 0.361 e. The third kappa shape index (κ3) is 3.28. The van der Waals surface area contributed by atoms with Crippen molar-refractivity contribution in [3.05, 3.63) is 65.9 Å². The van der Waals surface area contributed by atoms with Gasteiger partial charge in [0, 0.05) is 41.8 Å². The summed E-state index contributed by atoms with van der Waals surface area (Å²) in [5, 5.41) is 3.57. The smallest absolute Gasteiger partial charge is 0.247 e. The van der Waals surface area contributed by atoms with Crippen LogP contribution in [0.2, 0.25) is 0 Å². The van der Waals surface area contributed by atoms with Crippen molar-refractivity contribution in [1.82, 2.24) is 9.88 Å². The van der Waals surface area contributed by atoms with Crippen molar-refractivity contribution >= 4 is 28.4 Å². The molecule has 2 heterocycles. The zero-order valence-electron chi connectivity index (χ0n) is 14.3. The van der Waals surface area contributed by atoms with Crippen LogP contribution >= 0.6 is 0 Å². The molecule has 5 nitrogen and oxygen atoms in total. The number of nitrogens with zero attached hydrogens (tertiary/aromatic N) is 1. The van der Waals surface area contributed by atoms with E-state index in [1.54, 1.807) is 0 Å². The highest BCUT2D eigenvalue weighted by Crippen LogP contribution is 2.26. The van der Waals surface area contributed by atoms with Crippen LogP contribution < -0.4 is 5.32 Å². The highest BCUT2D eigenvalue weighted by molar-refractivity contribution is 5.99. The lowest BCUT2D eigenvalue weighted by molar-refractivity contribution is -0.133. The maximum Gasteiger partial charge on any atom is 0.247 e. The number of benzene rings is 2. The van der Waals surface area contributed by atoms with Gasteiger partial charge in [0.2, 0.25) is 11.8 Å². The fraction of sp³-hybridized carbons (Fsp3) is 0.200. The van der Waals surface area contributed by atoms with E-state index in [1.807, 2.05) is 30.5 Å². The molecule has 1 atom stereocenters. The van der Waals surface area contributed by atoms with E-state index < -0.39 is 23.6 Å².